The minimum absolute atomic E-state index is 0.00735. The Labute approximate surface area is 123 Å². The highest BCUT2D eigenvalue weighted by Crippen LogP contribution is 2.19. The minimum atomic E-state index is -0.631. The Kier molecular flexibility index (Phi) is 3.26. The molecule has 0 bridgehead atoms. The summed E-state index contributed by atoms with van der Waals surface area (Å²) in [5, 5.41) is 6.68. The van der Waals surface area contributed by atoms with Crippen LogP contribution in [-0.2, 0) is 0 Å². The monoisotopic (exact) mass is 305 g/mol. The van der Waals surface area contributed by atoms with Gasteiger partial charge in [-0.3, -0.25) is 4.79 Å². The Morgan fingerprint density at radius 2 is 2.19 bits per heavy atom. The molecular formula is C13H9ClFN5O. The van der Waals surface area contributed by atoms with E-state index in [0.29, 0.717) is 5.78 Å². The van der Waals surface area contributed by atoms with Crippen molar-refractivity contribution in [2.75, 3.05) is 5.32 Å². The van der Waals surface area contributed by atoms with Crippen molar-refractivity contribution in [1.82, 2.24) is 19.6 Å². The summed E-state index contributed by atoms with van der Waals surface area (Å²) in [6, 6.07) is 5.69. The van der Waals surface area contributed by atoms with Gasteiger partial charge < -0.3 is 5.32 Å². The van der Waals surface area contributed by atoms with Crippen LogP contribution in [0.15, 0.2) is 30.5 Å². The molecule has 6 nitrogen and oxygen atoms in total. The van der Waals surface area contributed by atoms with Crippen LogP contribution in [0.25, 0.3) is 5.78 Å². The first-order valence-electron chi connectivity index (χ1n) is 5.99. The van der Waals surface area contributed by atoms with Gasteiger partial charge in [-0.15, -0.1) is 5.10 Å². The van der Waals surface area contributed by atoms with Crippen LogP contribution in [0.2, 0.25) is 5.02 Å². The van der Waals surface area contributed by atoms with Crippen molar-refractivity contribution in [2.45, 2.75) is 6.92 Å². The lowest BCUT2D eigenvalue weighted by molar-refractivity contribution is 0.101. The Hall–Kier alpha value is -2.54. The lowest BCUT2D eigenvalue weighted by Gasteiger charge is -2.03. The van der Waals surface area contributed by atoms with Crippen molar-refractivity contribution in [3.8, 4) is 0 Å². The normalized spacial score (nSPS) is 10.8. The maximum absolute atomic E-state index is 13.6. The SMILES string of the molecule is Cc1ccnc2nc(C(=O)Nc3ccc(Cl)cc3F)nn12. The van der Waals surface area contributed by atoms with Crippen molar-refractivity contribution >= 4 is 29.0 Å². The van der Waals surface area contributed by atoms with Gasteiger partial charge in [0, 0.05) is 16.9 Å². The fraction of sp³-hybridized carbons (Fsp3) is 0.0769. The number of fused-ring (bicyclic) bond motifs is 1. The average Bonchev–Trinajstić information content (AvgIpc) is 2.87. The molecule has 3 rings (SSSR count). The molecule has 0 radical (unpaired) electrons. The number of rotatable bonds is 2. The third-order valence-corrected chi connectivity index (χ3v) is 3.05. The smallest absolute Gasteiger partial charge is 0.295 e. The number of amides is 1. The van der Waals surface area contributed by atoms with Gasteiger partial charge in [-0.25, -0.2) is 13.9 Å². The topological polar surface area (TPSA) is 72.2 Å². The zero-order valence-electron chi connectivity index (χ0n) is 10.8. The minimum Gasteiger partial charge on any atom is -0.317 e. The van der Waals surface area contributed by atoms with Crippen molar-refractivity contribution in [1.29, 1.82) is 0 Å². The van der Waals surface area contributed by atoms with Crippen LogP contribution >= 0.6 is 11.6 Å². The first-order valence-corrected chi connectivity index (χ1v) is 6.37. The quantitative estimate of drug-likeness (QED) is 0.789. The standard InChI is InChI=1S/C13H9ClFN5O/c1-7-4-5-16-13-18-11(19-20(7)13)12(21)17-10-3-2-8(14)6-9(10)15/h2-6H,1H3,(H,17,21). The summed E-state index contributed by atoms with van der Waals surface area (Å²) in [5.74, 6) is -1.04. The first-order chi connectivity index (χ1) is 10.0. The molecule has 1 N–H and O–H groups in total. The molecule has 0 aliphatic carbocycles. The molecule has 21 heavy (non-hydrogen) atoms. The van der Waals surface area contributed by atoms with Gasteiger partial charge >= 0.3 is 0 Å². The molecule has 0 aliphatic rings. The van der Waals surface area contributed by atoms with Gasteiger partial charge in [0.25, 0.3) is 11.7 Å². The highest BCUT2D eigenvalue weighted by atomic mass is 35.5. The van der Waals surface area contributed by atoms with Gasteiger partial charge in [-0.05, 0) is 31.2 Å². The van der Waals surface area contributed by atoms with E-state index in [2.05, 4.69) is 20.4 Å². The zero-order valence-corrected chi connectivity index (χ0v) is 11.6. The maximum Gasteiger partial charge on any atom is 0.295 e. The molecule has 106 valence electrons. The summed E-state index contributed by atoms with van der Waals surface area (Å²) in [6.07, 6.45) is 1.57. The van der Waals surface area contributed by atoms with Gasteiger partial charge in [-0.1, -0.05) is 11.6 Å². The Morgan fingerprint density at radius 3 is 2.90 bits per heavy atom. The molecule has 1 amide bonds. The third kappa shape index (κ3) is 2.55. The fourth-order valence-corrected chi connectivity index (χ4v) is 1.93. The summed E-state index contributed by atoms with van der Waals surface area (Å²) >= 11 is 5.65. The molecule has 2 aromatic heterocycles. The molecule has 0 atom stereocenters. The van der Waals surface area contributed by atoms with Crippen LogP contribution in [0.5, 0.6) is 0 Å². The summed E-state index contributed by atoms with van der Waals surface area (Å²) in [6.45, 7) is 1.81. The number of nitrogens with one attached hydrogen (secondary N) is 1. The maximum atomic E-state index is 13.6. The van der Waals surface area contributed by atoms with E-state index in [1.807, 2.05) is 6.92 Å². The molecule has 8 heteroatoms. The molecule has 3 aromatic rings. The number of aromatic nitrogens is 4. The van der Waals surface area contributed by atoms with Crippen LogP contribution in [0.1, 0.15) is 16.3 Å². The van der Waals surface area contributed by atoms with Crippen molar-refractivity contribution in [3.05, 3.63) is 52.8 Å². The molecule has 0 aliphatic heterocycles. The summed E-state index contributed by atoms with van der Waals surface area (Å²) in [5.41, 5.74) is 0.789. The van der Waals surface area contributed by atoms with Crippen molar-refractivity contribution in [3.63, 3.8) is 0 Å². The van der Waals surface area contributed by atoms with Gasteiger partial charge in [0.1, 0.15) is 5.82 Å². The Morgan fingerprint density at radius 1 is 1.38 bits per heavy atom. The number of carbonyl (C=O) groups is 1. The lowest BCUT2D eigenvalue weighted by atomic mass is 10.3. The van der Waals surface area contributed by atoms with E-state index in [9.17, 15) is 9.18 Å². The number of hydrogen-bond acceptors (Lipinski definition) is 4. The number of carbonyl (C=O) groups excluding carboxylic acids is 1. The van der Waals surface area contributed by atoms with Crippen LogP contribution < -0.4 is 5.32 Å². The second-order valence-electron chi connectivity index (χ2n) is 4.31. The second-order valence-corrected chi connectivity index (χ2v) is 4.75. The van der Waals surface area contributed by atoms with E-state index in [-0.39, 0.29) is 16.5 Å². The van der Waals surface area contributed by atoms with E-state index in [4.69, 9.17) is 11.6 Å². The van der Waals surface area contributed by atoms with Crippen LogP contribution in [0.4, 0.5) is 10.1 Å². The number of aryl methyl sites for hydroxylation is 1. The van der Waals surface area contributed by atoms with Crippen molar-refractivity contribution < 1.29 is 9.18 Å². The fourth-order valence-electron chi connectivity index (χ4n) is 1.77. The van der Waals surface area contributed by atoms with Crippen LogP contribution in [0, 0.1) is 12.7 Å². The van der Waals surface area contributed by atoms with E-state index in [0.717, 1.165) is 11.8 Å². The summed E-state index contributed by atoms with van der Waals surface area (Å²) in [4.78, 5) is 20.1. The van der Waals surface area contributed by atoms with Gasteiger partial charge in [0.05, 0.1) is 5.69 Å². The van der Waals surface area contributed by atoms with E-state index < -0.39 is 11.7 Å². The average molecular weight is 306 g/mol. The highest BCUT2D eigenvalue weighted by molar-refractivity contribution is 6.30. The molecule has 0 saturated heterocycles. The van der Waals surface area contributed by atoms with E-state index in [1.54, 1.807) is 12.3 Å². The summed E-state index contributed by atoms with van der Waals surface area (Å²) in [7, 11) is 0. The second kappa shape index (κ2) is 5.10. The van der Waals surface area contributed by atoms with Crippen LogP contribution in [-0.4, -0.2) is 25.5 Å². The highest BCUT2D eigenvalue weighted by Gasteiger charge is 2.16. The van der Waals surface area contributed by atoms with Crippen LogP contribution in [0.3, 0.4) is 0 Å². The lowest BCUT2D eigenvalue weighted by Crippen LogP contribution is -2.15. The molecule has 0 saturated carbocycles. The largest absolute Gasteiger partial charge is 0.317 e. The van der Waals surface area contributed by atoms with Gasteiger partial charge in [0.15, 0.2) is 0 Å². The molecule has 0 unspecified atom stereocenters. The molecular weight excluding hydrogens is 297 g/mol. The number of hydrogen-bond donors (Lipinski definition) is 1. The Balaban J connectivity index is 1.92. The number of benzene rings is 1. The molecule has 0 spiro atoms. The summed E-state index contributed by atoms with van der Waals surface area (Å²) < 4.78 is 15.1. The predicted octanol–water partition coefficient (Wildman–Crippen LogP) is 2.48. The van der Waals surface area contributed by atoms with Gasteiger partial charge in [-0.2, -0.15) is 4.98 Å². The Bertz CT molecular complexity index is 848. The number of halogens is 2. The third-order valence-electron chi connectivity index (χ3n) is 2.81. The first kappa shape index (κ1) is 13.4. The number of nitrogens with zero attached hydrogens (tertiary/aromatic N) is 4. The van der Waals surface area contributed by atoms with Gasteiger partial charge in [0.2, 0.25) is 5.82 Å². The van der Waals surface area contributed by atoms with E-state index >= 15 is 0 Å². The van der Waals surface area contributed by atoms with E-state index in [1.165, 1.54) is 16.6 Å². The number of anilines is 1. The molecule has 1 aromatic carbocycles. The predicted molar refractivity (Wildman–Crippen MR) is 74.9 cm³/mol. The van der Waals surface area contributed by atoms with Crippen molar-refractivity contribution in [2.24, 2.45) is 0 Å². The molecule has 0 fully saturated rings. The zero-order chi connectivity index (χ0) is 15.0. The molecule has 2 heterocycles.